The number of hydrogen-bond acceptors (Lipinski definition) is 3. The second kappa shape index (κ2) is 3.59. The van der Waals surface area contributed by atoms with Gasteiger partial charge in [0.05, 0.1) is 0 Å². The molecule has 1 saturated carbocycles. The lowest BCUT2D eigenvalue weighted by Crippen LogP contribution is -2.21. The van der Waals surface area contributed by atoms with Gasteiger partial charge in [-0.25, -0.2) is 4.39 Å². The van der Waals surface area contributed by atoms with Crippen LogP contribution in [0.5, 0.6) is 5.75 Å². The van der Waals surface area contributed by atoms with Crippen molar-refractivity contribution in [2.75, 3.05) is 0 Å². The van der Waals surface area contributed by atoms with Crippen molar-refractivity contribution >= 4 is 7.32 Å². The largest absolute Gasteiger partial charge is 0.707 e. The standard InChI is InChI=1S/C9H10BFO3/c11-8-4-3-7(6-1-2-6)5-9(8)14-10(12)13/h3-6,12-13H,1-2H2. The van der Waals surface area contributed by atoms with Gasteiger partial charge in [0.15, 0.2) is 5.82 Å². The Balaban J connectivity index is 2.22. The van der Waals surface area contributed by atoms with Crippen LogP contribution in [0.1, 0.15) is 24.3 Å². The van der Waals surface area contributed by atoms with Crippen molar-refractivity contribution in [3.63, 3.8) is 0 Å². The molecule has 2 rings (SSSR count). The van der Waals surface area contributed by atoms with Crippen LogP contribution in [-0.2, 0) is 0 Å². The van der Waals surface area contributed by atoms with Crippen LogP contribution < -0.4 is 4.65 Å². The first-order valence-corrected chi connectivity index (χ1v) is 4.49. The summed E-state index contributed by atoms with van der Waals surface area (Å²) in [6.07, 6.45) is 2.21. The van der Waals surface area contributed by atoms with E-state index in [1.807, 2.05) is 0 Å². The molecule has 0 spiro atoms. The van der Waals surface area contributed by atoms with Gasteiger partial charge in [0.1, 0.15) is 5.75 Å². The molecule has 1 aliphatic carbocycles. The summed E-state index contributed by atoms with van der Waals surface area (Å²) in [5.74, 6) is -0.208. The van der Waals surface area contributed by atoms with E-state index in [-0.39, 0.29) is 5.75 Å². The molecule has 14 heavy (non-hydrogen) atoms. The van der Waals surface area contributed by atoms with Crippen LogP contribution in [0.4, 0.5) is 4.39 Å². The molecule has 5 heteroatoms. The number of benzene rings is 1. The fourth-order valence-electron chi connectivity index (χ4n) is 1.39. The number of rotatable bonds is 3. The van der Waals surface area contributed by atoms with Gasteiger partial charge in [-0.15, -0.1) is 0 Å². The normalized spacial score (nSPS) is 15.4. The highest BCUT2D eigenvalue weighted by molar-refractivity contribution is 6.33. The van der Waals surface area contributed by atoms with E-state index in [4.69, 9.17) is 10.0 Å². The van der Waals surface area contributed by atoms with Crippen LogP contribution in [0.25, 0.3) is 0 Å². The Kier molecular flexibility index (Phi) is 2.43. The van der Waals surface area contributed by atoms with E-state index >= 15 is 0 Å². The van der Waals surface area contributed by atoms with Crippen LogP contribution >= 0.6 is 0 Å². The van der Waals surface area contributed by atoms with E-state index in [0.717, 1.165) is 18.4 Å². The topological polar surface area (TPSA) is 49.7 Å². The van der Waals surface area contributed by atoms with E-state index < -0.39 is 13.1 Å². The summed E-state index contributed by atoms with van der Waals surface area (Å²) >= 11 is 0. The molecular weight excluding hydrogens is 186 g/mol. The lowest BCUT2D eigenvalue weighted by molar-refractivity contribution is 0.281. The lowest BCUT2D eigenvalue weighted by atomic mass is 10.1. The first kappa shape index (κ1) is 9.49. The van der Waals surface area contributed by atoms with Gasteiger partial charge >= 0.3 is 7.32 Å². The van der Waals surface area contributed by atoms with Gasteiger partial charge in [-0.1, -0.05) is 6.07 Å². The molecule has 0 aliphatic heterocycles. The summed E-state index contributed by atoms with van der Waals surface area (Å²) in [5.41, 5.74) is 0.988. The Bertz CT molecular complexity index is 339. The SMILES string of the molecule is OB(O)Oc1cc(C2CC2)ccc1F. The minimum Gasteiger partial charge on any atom is -0.510 e. The Morgan fingerprint density at radius 1 is 1.36 bits per heavy atom. The summed E-state index contributed by atoms with van der Waals surface area (Å²) in [5, 5.41) is 17.1. The van der Waals surface area contributed by atoms with Crippen molar-refractivity contribution in [2.45, 2.75) is 18.8 Å². The molecule has 74 valence electrons. The zero-order chi connectivity index (χ0) is 10.1. The molecule has 1 aromatic carbocycles. The van der Waals surface area contributed by atoms with Crippen molar-refractivity contribution < 1.29 is 19.1 Å². The summed E-state index contributed by atoms with van der Waals surface area (Å²) < 4.78 is 17.6. The maximum atomic E-state index is 13.1. The Labute approximate surface area is 81.3 Å². The van der Waals surface area contributed by atoms with Crippen LogP contribution in [0.2, 0.25) is 0 Å². The van der Waals surface area contributed by atoms with Crippen molar-refractivity contribution in [2.24, 2.45) is 0 Å². The maximum Gasteiger partial charge on any atom is 0.707 e. The predicted octanol–water partition coefficient (Wildman–Crippen LogP) is 1.05. The lowest BCUT2D eigenvalue weighted by Gasteiger charge is -2.07. The van der Waals surface area contributed by atoms with Crippen LogP contribution in [-0.4, -0.2) is 17.4 Å². The third-order valence-electron chi connectivity index (χ3n) is 2.24. The van der Waals surface area contributed by atoms with Crippen molar-refractivity contribution in [1.82, 2.24) is 0 Å². The molecular formula is C9H10BFO3. The minimum atomic E-state index is -1.97. The van der Waals surface area contributed by atoms with E-state index in [2.05, 4.69) is 4.65 Å². The van der Waals surface area contributed by atoms with Crippen LogP contribution in [0, 0.1) is 5.82 Å². The van der Waals surface area contributed by atoms with Gasteiger partial charge in [0.2, 0.25) is 0 Å². The molecule has 1 aliphatic rings. The highest BCUT2D eigenvalue weighted by atomic mass is 19.1. The van der Waals surface area contributed by atoms with Gasteiger partial charge < -0.3 is 14.7 Å². The van der Waals surface area contributed by atoms with Crippen molar-refractivity contribution in [3.05, 3.63) is 29.6 Å². The van der Waals surface area contributed by atoms with Crippen LogP contribution in [0.15, 0.2) is 18.2 Å². The Morgan fingerprint density at radius 2 is 2.07 bits per heavy atom. The van der Waals surface area contributed by atoms with Gasteiger partial charge in [0, 0.05) is 0 Å². The Morgan fingerprint density at radius 3 is 2.64 bits per heavy atom. The van der Waals surface area contributed by atoms with E-state index in [1.165, 1.54) is 12.1 Å². The third kappa shape index (κ3) is 2.05. The maximum absolute atomic E-state index is 13.1. The van der Waals surface area contributed by atoms with Gasteiger partial charge in [-0.3, -0.25) is 0 Å². The second-order valence-electron chi connectivity index (χ2n) is 3.41. The molecule has 0 unspecified atom stereocenters. The van der Waals surface area contributed by atoms with Crippen molar-refractivity contribution in [3.8, 4) is 5.75 Å². The second-order valence-corrected chi connectivity index (χ2v) is 3.41. The van der Waals surface area contributed by atoms with E-state index in [0.29, 0.717) is 5.92 Å². The molecule has 0 bridgehead atoms. The molecule has 1 fully saturated rings. The van der Waals surface area contributed by atoms with Crippen molar-refractivity contribution in [1.29, 1.82) is 0 Å². The molecule has 1 aromatic rings. The molecule has 0 amide bonds. The number of halogens is 1. The summed E-state index contributed by atoms with van der Waals surface area (Å²) in [7, 11) is -1.97. The Hall–Kier alpha value is -1.07. The van der Waals surface area contributed by atoms with Gasteiger partial charge in [0.25, 0.3) is 0 Å². The number of hydrogen-bond donors (Lipinski definition) is 2. The highest BCUT2D eigenvalue weighted by Crippen LogP contribution is 2.41. The third-order valence-corrected chi connectivity index (χ3v) is 2.24. The zero-order valence-electron chi connectivity index (χ0n) is 7.48. The minimum absolute atomic E-state index is 0.107. The quantitative estimate of drug-likeness (QED) is 0.710. The first-order chi connectivity index (χ1) is 6.66. The molecule has 0 aromatic heterocycles. The van der Waals surface area contributed by atoms with Gasteiger partial charge in [-0.2, -0.15) is 0 Å². The molecule has 0 saturated heterocycles. The monoisotopic (exact) mass is 196 g/mol. The zero-order valence-corrected chi connectivity index (χ0v) is 7.48. The molecule has 2 N–H and O–H groups in total. The fraction of sp³-hybridized carbons (Fsp3) is 0.333. The summed E-state index contributed by atoms with van der Waals surface area (Å²) in [4.78, 5) is 0. The average Bonchev–Trinajstić information content (AvgIpc) is 2.91. The van der Waals surface area contributed by atoms with Crippen LogP contribution in [0.3, 0.4) is 0 Å². The molecule has 0 heterocycles. The summed E-state index contributed by atoms with van der Waals surface area (Å²) in [6.45, 7) is 0. The molecule has 0 radical (unpaired) electrons. The summed E-state index contributed by atoms with van der Waals surface area (Å²) in [6, 6.07) is 4.50. The first-order valence-electron chi connectivity index (χ1n) is 4.49. The molecule has 0 atom stereocenters. The smallest absolute Gasteiger partial charge is 0.510 e. The van der Waals surface area contributed by atoms with Gasteiger partial charge in [-0.05, 0) is 36.5 Å². The average molecular weight is 196 g/mol. The molecule has 3 nitrogen and oxygen atoms in total. The predicted molar refractivity (Wildman–Crippen MR) is 49.2 cm³/mol. The fourth-order valence-corrected chi connectivity index (χ4v) is 1.39. The highest BCUT2D eigenvalue weighted by Gasteiger charge is 2.25. The van der Waals surface area contributed by atoms with E-state index in [1.54, 1.807) is 6.07 Å². The van der Waals surface area contributed by atoms with E-state index in [9.17, 15) is 4.39 Å².